The summed E-state index contributed by atoms with van der Waals surface area (Å²) in [7, 11) is 1.47. The first-order valence-corrected chi connectivity index (χ1v) is 5.67. The van der Waals surface area contributed by atoms with Gasteiger partial charge in [0.15, 0.2) is 0 Å². The highest BCUT2D eigenvalue weighted by molar-refractivity contribution is 5.39. The molecule has 106 valence electrons. The molecule has 7 heteroatoms. The van der Waals surface area contributed by atoms with E-state index in [4.69, 9.17) is 4.42 Å². The third-order valence-electron chi connectivity index (χ3n) is 2.62. The largest absolute Gasteiger partial charge is 0.430 e. The number of nitrogens with zero attached hydrogens (tertiary/aromatic N) is 2. The number of alkyl halides is 3. The van der Waals surface area contributed by atoms with Crippen LogP contribution >= 0.6 is 0 Å². The van der Waals surface area contributed by atoms with Gasteiger partial charge in [0.1, 0.15) is 5.76 Å². The number of aryl methyl sites for hydroxylation is 1. The summed E-state index contributed by atoms with van der Waals surface area (Å²) in [5.74, 6) is 0.374. The summed E-state index contributed by atoms with van der Waals surface area (Å²) in [5, 5.41) is 0. The van der Waals surface area contributed by atoms with Gasteiger partial charge in [-0.15, -0.1) is 0 Å². The molecule has 0 amide bonds. The van der Waals surface area contributed by atoms with Crippen molar-refractivity contribution >= 4 is 5.69 Å². The predicted molar refractivity (Wildman–Crippen MR) is 65.4 cm³/mol. The number of halogens is 3. The lowest BCUT2D eigenvalue weighted by Gasteiger charge is -2.05. The maximum atomic E-state index is 12.4. The van der Waals surface area contributed by atoms with Gasteiger partial charge in [-0.1, -0.05) is 0 Å². The molecular formula is C13H11F3N2O2. The Morgan fingerprint density at radius 1 is 1.20 bits per heavy atom. The smallest absolute Gasteiger partial charge is 0.416 e. The number of hydrogen-bond donors (Lipinski definition) is 0. The highest BCUT2D eigenvalue weighted by Crippen LogP contribution is 2.30. The molecule has 0 saturated carbocycles. The molecule has 20 heavy (non-hydrogen) atoms. The zero-order valence-electron chi connectivity index (χ0n) is 10.7. The van der Waals surface area contributed by atoms with E-state index < -0.39 is 11.7 Å². The number of hydrogen-bond acceptors (Lipinski definition) is 3. The molecule has 0 unspecified atom stereocenters. The molecule has 0 radical (unpaired) electrons. The Bertz CT molecular complexity index is 740. The molecule has 2 rings (SSSR count). The normalized spacial score (nSPS) is 12.8. The van der Waals surface area contributed by atoms with E-state index in [9.17, 15) is 18.0 Å². The Hall–Kier alpha value is -2.31. The van der Waals surface area contributed by atoms with E-state index >= 15 is 0 Å². The van der Waals surface area contributed by atoms with Gasteiger partial charge in [-0.3, -0.25) is 9.36 Å². The van der Waals surface area contributed by atoms with E-state index in [1.54, 1.807) is 6.92 Å². The molecule has 0 N–H and O–H groups in total. The van der Waals surface area contributed by atoms with Gasteiger partial charge in [0.25, 0.3) is 5.56 Å². The Morgan fingerprint density at radius 2 is 1.80 bits per heavy atom. The van der Waals surface area contributed by atoms with Crippen LogP contribution in [0, 0.1) is 6.92 Å². The minimum Gasteiger partial charge on any atom is -0.430 e. The van der Waals surface area contributed by atoms with Crippen molar-refractivity contribution < 1.29 is 17.6 Å². The van der Waals surface area contributed by atoms with Crippen LogP contribution < -0.4 is 11.2 Å². The lowest BCUT2D eigenvalue weighted by molar-refractivity contribution is -0.137. The fourth-order valence-electron chi connectivity index (χ4n) is 1.54. The van der Waals surface area contributed by atoms with Crippen LogP contribution in [-0.4, -0.2) is 4.57 Å². The molecule has 4 nitrogen and oxygen atoms in total. The topological polar surface area (TPSA) is 47.5 Å². The van der Waals surface area contributed by atoms with Gasteiger partial charge in [0.2, 0.25) is 0 Å². The summed E-state index contributed by atoms with van der Waals surface area (Å²) in [6, 6.07) is 5.57. The molecule has 0 saturated heterocycles. The summed E-state index contributed by atoms with van der Waals surface area (Å²) >= 11 is 0. The van der Waals surface area contributed by atoms with Crippen molar-refractivity contribution in [3.05, 3.63) is 57.7 Å². The van der Waals surface area contributed by atoms with Crippen molar-refractivity contribution in [3.63, 3.8) is 0 Å². The Morgan fingerprint density at radius 3 is 2.35 bits per heavy atom. The predicted octanol–water partition coefficient (Wildman–Crippen LogP) is 2.54. The van der Waals surface area contributed by atoms with Gasteiger partial charge in [-0.2, -0.15) is 18.2 Å². The minimum absolute atomic E-state index is 0.0229. The van der Waals surface area contributed by atoms with Gasteiger partial charge in [0.05, 0.1) is 11.3 Å². The second-order valence-corrected chi connectivity index (χ2v) is 4.19. The average Bonchev–Trinajstić information content (AvgIpc) is 2.35. The molecule has 0 atom stereocenters. The van der Waals surface area contributed by atoms with Gasteiger partial charge < -0.3 is 4.42 Å². The summed E-state index contributed by atoms with van der Waals surface area (Å²) in [5.41, 5.74) is -0.775. The molecule has 0 aliphatic heterocycles. The van der Waals surface area contributed by atoms with Crippen LogP contribution in [0.15, 0.2) is 44.5 Å². The average molecular weight is 284 g/mol. The fraction of sp³-hybridized carbons (Fsp3) is 0.231. The zero-order valence-corrected chi connectivity index (χ0v) is 10.7. The van der Waals surface area contributed by atoms with Crippen molar-refractivity contribution in [3.8, 4) is 0 Å². The number of benzene rings is 1. The Balaban J connectivity index is 2.49. The van der Waals surface area contributed by atoms with E-state index in [1.807, 2.05) is 0 Å². The first-order valence-electron chi connectivity index (χ1n) is 5.67. The third-order valence-corrected chi connectivity index (χ3v) is 2.62. The van der Waals surface area contributed by atoms with Crippen LogP contribution in [0.5, 0.6) is 0 Å². The van der Waals surface area contributed by atoms with Crippen LogP contribution in [0.3, 0.4) is 0 Å². The maximum Gasteiger partial charge on any atom is 0.416 e. The van der Waals surface area contributed by atoms with Crippen LogP contribution in [0.2, 0.25) is 0 Å². The molecule has 1 heterocycles. The summed E-state index contributed by atoms with van der Waals surface area (Å²) in [6.07, 6.45) is -4.39. The number of aromatic nitrogens is 1. The molecule has 0 spiro atoms. The fourth-order valence-corrected chi connectivity index (χ4v) is 1.54. The standard InChI is InChI=1S/C13H11F3N2O2/c1-8-7-11(19)18(2)12(20-8)17-10-5-3-9(4-6-10)13(14,15)16/h3-7H,1-2H3. The maximum absolute atomic E-state index is 12.4. The molecule has 2 aromatic rings. The summed E-state index contributed by atoms with van der Waals surface area (Å²) in [4.78, 5) is 15.5. The van der Waals surface area contributed by atoms with Gasteiger partial charge in [0, 0.05) is 13.1 Å². The molecule has 1 aromatic heterocycles. The van der Waals surface area contributed by atoms with Crippen LogP contribution in [-0.2, 0) is 13.2 Å². The zero-order chi connectivity index (χ0) is 14.9. The number of rotatable bonds is 1. The monoisotopic (exact) mass is 284 g/mol. The summed E-state index contributed by atoms with van der Waals surface area (Å²) in [6.45, 7) is 1.59. The summed E-state index contributed by atoms with van der Waals surface area (Å²) < 4.78 is 43.7. The SMILES string of the molecule is Cc1cc(=O)n(C)c(=Nc2ccc(C(F)(F)F)cc2)o1. The van der Waals surface area contributed by atoms with E-state index in [-0.39, 0.29) is 16.9 Å². The van der Waals surface area contributed by atoms with E-state index in [0.29, 0.717) is 5.76 Å². The second-order valence-electron chi connectivity index (χ2n) is 4.19. The third kappa shape index (κ3) is 2.98. The van der Waals surface area contributed by atoms with Crippen molar-refractivity contribution in [1.29, 1.82) is 0 Å². The van der Waals surface area contributed by atoms with Crippen molar-refractivity contribution in [2.45, 2.75) is 13.1 Å². The van der Waals surface area contributed by atoms with E-state index in [0.717, 1.165) is 12.1 Å². The molecular weight excluding hydrogens is 273 g/mol. The lowest BCUT2D eigenvalue weighted by atomic mass is 10.2. The quantitative estimate of drug-likeness (QED) is 0.808. The molecule has 0 aliphatic rings. The van der Waals surface area contributed by atoms with Crippen LogP contribution in [0.1, 0.15) is 11.3 Å². The molecule has 0 fully saturated rings. The molecule has 0 aliphatic carbocycles. The van der Waals surface area contributed by atoms with Crippen molar-refractivity contribution in [1.82, 2.24) is 4.57 Å². The van der Waals surface area contributed by atoms with Gasteiger partial charge >= 0.3 is 11.9 Å². The second kappa shape index (κ2) is 4.99. The Labute approximate surface area is 111 Å². The minimum atomic E-state index is -4.39. The van der Waals surface area contributed by atoms with Crippen molar-refractivity contribution in [2.24, 2.45) is 12.0 Å². The highest BCUT2D eigenvalue weighted by Gasteiger charge is 2.29. The Kier molecular flexibility index (Phi) is 3.52. The molecule has 1 aromatic carbocycles. The lowest BCUT2D eigenvalue weighted by Crippen LogP contribution is -2.30. The first kappa shape index (κ1) is 14.1. The highest BCUT2D eigenvalue weighted by atomic mass is 19.4. The first-order chi connectivity index (χ1) is 9.27. The van der Waals surface area contributed by atoms with Crippen LogP contribution in [0.25, 0.3) is 0 Å². The van der Waals surface area contributed by atoms with Gasteiger partial charge in [-0.25, -0.2) is 0 Å². The van der Waals surface area contributed by atoms with Crippen molar-refractivity contribution in [2.75, 3.05) is 0 Å². The van der Waals surface area contributed by atoms with E-state index in [1.165, 1.54) is 29.8 Å². The van der Waals surface area contributed by atoms with E-state index in [2.05, 4.69) is 4.99 Å². The van der Waals surface area contributed by atoms with Gasteiger partial charge in [-0.05, 0) is 31.2 Å². The molecule has 0 bridgehead atoms. The van der Waals surface area contributed by atoms with Crippen LogP contribution in [0.4, 0.5) is 18.9 Å².